The number of aromatic carboxylic acids is 1. The molecule has 4 rings (SSSR count). The molecule has 0 saturated heterocycles. The van der Waals surface area contributed by atoms with Gasteiger partial charge in [-0.05, 0) is 18.2 Å². The summed E-state index contributed by atoms with van der Waals surface area (Å²) in [5.41, 5.74) is 8.91. The number of aromatic nitrogens is 2. The summed E-state index contributed by atoms with van der Waals surface area (Å²) < 4.78 is 0. The standard InChI is InChI=1S/C19H14N4O2S/c20-14-7-4-8-15-12(14)9-13(18(24)25)17(21-15)23-19-22-16(10-26-19)11-5-2-1-3-6-11/h1-10H,20H2,(H,24,25)(H,21,22,23). The zero-order chi connectivity index (χ0) is 18.1. The second-order valence-corrected chi connectivity index (χ2v) is 6.49. The Balaban J connectivity index is 1.74. The lowest BCUT2D eigenvalue weighted by atomic mass is 10.1. The molecular formula is C19H14N4O2S. The van der Waals surface area contributed by atoms with Gasteiger partial charge in [-0.2, -0.15) is 0 Å². The fraction of sp³-hybridized carbons (Fsp3) is 0. The first-order valence-electron chi connectivity index (χ1n) is 7.82. The molecule has 0 bridgehead atoms. The molecule has 0 aliphatic carbocycles. The first-order chi connectivity index (χ1) is 12.6. The van der Waals surface area contributed by atoms with E-state index in [9.17, 15) is 9.90 Å². The largest absolute Gasteiger partial charge is 0.478 e. The predicted molar refractivity (Wildman–Crippen MR) is 104 cm³/mol. The molecule has 4 N–H and O–H groups in total. The highest BCUT2D eigenvalue weighted by Crippen LogP contribution is 2.30. The van der Waals surface area contributed by atoms with Crippen molar-refractivity contribution in [1.29, 1.82) is 0 Å². The van der Waals surface area contributed by atoms with Crippen LogP contribution in [-0.2, 0) is 0 Å². The number of thiazole rings is 1. The molecule has 0 aliphatic heterocycles. The van der Waals surface area contributed by atoms with E-state index in [-0.39, 0.29) is 11.4 Å². The quantitative estimate of drug-likeness (QED) is 0.466. The Morgan fingerprint density at radius 1 is 1.08 bits per heavy atom. The molecule has 0 aliphatic rings. The summed E-state index contributed by atoms with van der Waals surface area (Å²) in [4.78, 5) is 20.6. The van der Waals surface area contributed by atoms with Gasteiger partial charge in [-0.1, -0.05) is 36.4 Å². The highest BCUT2D eigenvalue weighted by Gasteiger charge is 2.16. The molecule has 2 aromatic heterocycles. The number of anilines is 3. The summed E-state index contributed by atoms with van der Waals surface area (Å²) in [7, 11) is 0. The number of nitrogen functional groups attached to an aromatic ring is 1. The lowest BCUT2D eigenvalue weighted by molar-refractivity contribution is 0.0698. The fourth-order valence-electron chi connectivity index (χ4n) is 2.65. The zero-order valence-corrected chi connectivity index (χ0v) is 14.3. The third-order valence-electron chi connectivity index (χ3n) is 3.92. The number of hydrogen-bond acceptors (Lipinski definition) is 6. The Bertz CT molecular complexity index is 1110. The van der Waals surface area contributed by atoms with Crippen molar-refractivity contribution in [2.45, 2.75) is 0 Å². The first-order valence-corrected chi connectivity index (χ1v) is 8.70. The highest BCUT2D eigenvalue weighted by atomic mass is 32.1. The third-order valence-corrected chi connectivity index (χ3v) is 4.68. The molecule has 0 saturated carbocycles. The molecule has 128 valence electrons. The van der Waals surface area contributed by atoms with Crippen LogP contribution in [0.3, 0.4) is 0 Å². The Morgan fingerprint density at radius 3 is 2.65 bits per heavy atom. The van der Waals surface area contributed by atoms with Crippen LogP contribution in [-0.4, -0.2) is 21.0 Å². The predicted octanol–water partition coefficient (Wildman–Crippen LogP) is 4.38. The van der Waals surface area contributed by atoms with Crippen molar-refractivity contribution in [3.8, 4) is 11.3 Å². The van der Waals surface area contributed by atoms with Crippen LogP contribution in [0.25, 0.3) is 22.2 Å². The maximum absolute atomic E-state index is 11.7. The molecule has 6 nitrogen and oxygen atoms in total. The number of carboxylic acids is 1. The molecule has 4 aromatic rings. The molecule has 2 aromatic carbocycles. The molecule has 2 heterocycles. The van der Waals surface area contributed by atoms with Gasteiger partial charge in [-0.25, -0.2) is 14.8 Å². The minimum absolute atomic E-state index is 0.0480. The van der Waals surface area contributed by atoms with Crippen LogP contribution in [0, 0.1) is 0 Å². The number of benzene rings is 2. The van der Waals surface area contributed by atoms with Crippen LogP contribution in [0.4, 0.5) is 16.6 Å². The maximum Gasteiger partial charge on any atom is 0.339 e. The smallest absolute Gasteiger partial charge is 0.339 e. The van der Waals surface area contributed by atoms with Crippen molar-refractivity contribution in [3.63, 3.8) is 0 Å². The zero-order valence-electron chi connectivity index (χ0n) is 13.5. The lowest BCUT2D eigenvalue weighted by Gasteiger charge is -2.09. The van der Waals surface area contributed by atoms with E-state index in [1.165, 1.54) is 17.4 Å². The molecule has 0 amide bonds. The van der Waals surface area contributed by atoms with Crippen molar-refractivity contribution < 1.29 is 9.90 Å². The van der Waals surface area contributed by atoms with Gasteiger partial charge in [-0.15, -0.1) is 11.3 Å². The van der Waals surface area contributed by atoms with E-state index in [1.807, 2.05) is 35.7 Å². The molecule has 0 radical (unpaired) electrons. The molecule has 7 heteroatoms. The van der Waals surface area contributed by atoms with Crippen LogP contribution in [0.15, 0.2) is 60.0 Å². The Hall–Kier alpha value is -3.45. The van der Waals surface area contributed by atoms with Gasteiger partial charge in [-0.3, -0.25) is 0 Å². The topological polar surface area (TPSA) is 101 Å². The van der Waals surface area contributed by atoms with Crippen LogP contribution in [0.1, 0.15) is 10.4 Å². The lowest BCUT2D eigenvalue weighted by Crippen LogP contribution is -2.06. The van der Waals surface area contributed by atoms with Crippen molar-refractivity contribution in [3.05, 3.63) is 65.5 Å². The van der Waals surface area contributed by atoms with Crippen molar-refractivity contribution in [1.82, 2.24) is 9.97 Å². The van der Waals surface area contributed by atoms with Crippen LogP contribution >= 0.6 is 11.3 Å². The summed E-state index contributed by atoms with van der Waals surface area (Å²) >= 11 is 1.39. The average Bonchev–Trinajstić information content (AvgIpc) is 3.11. The van der Waals surface area contributed by atoms with E-state index in [4.69, 9.17) is 5.73 Å². The number of rotatable bonds is 4. The minimum atomic E-state index is -1.08. The van der Waals surface area contributed by atoms with E-state index in [0.29, 0.717) is 21.7 Å². The van der Waals surface area contributed by atoms with Crippen LogP contribution < -0.4 is 11.1 Å². The normalized spacial score (nSPS) is 10.8. The number of carbonyl (C=O) groups is 1. The molecule has 0 fully saturated rings. The van der Waals surface area contributed by atoms with Crippen molar-refractivity contribution in [2.24, 2.45) is 0 Å². The number of pyridine rings is 1. The number of fused-ring (bicyclic) bond motifs is 1. The Kier molecular flexibility index (Phi) is 3.98. The Labute approximate surface area is 153 Å². The summed E-state index contributed by atoms with van der Waals surface area (Å²) in [6.07, 6.45) is 0. The average molecular weight is 362 g/mol. The van der Waals surface area contributed by atoms with E-state index >= 15 is 0 Å². The number of nitrogens with one attached hydrogen (secondary N) is 1. The Morgan fingerprint density at radius 2 is 1.88 bits per heavy atom. The number of carboxylic acid groups (broad SMARTS) is 1. The van der Waals surface area contributed by atoms with Gasteiger partial charge in [0.1, 0.15) is 11.4 Å². The second-order valence-electron chi connectivity index (χ2n) is 5.63. The maximum atomic E-state index is 11.7. The van der Waals surface area contributed by atoms with E-state index in [1.54, 1.807) is 18.2 Å². The third kappa shape index (κ3) is 2.96. The molecular weight excluding hydrogens is 348 g/mol. The van der Waals surface area contributed by atoms with Crippen LogP contribution in [0.2, 0.25) is 0 Å². The van der Waals surface area contributed by atoms with Gasteiger partial charge in [0.05, 0.1) is 11.2 Å². The summed E-state index contributed by atoms with van der Waals surface area (Å²) in [5.74, 6) is -0.838. The van der Waals surface area contributed by atoms with E-state index in [0.717, 1.165) is 11.3 Å². The molecule has 0 atom stereocenters. The van der Waals surface area contributed by atoms with Gasteiger partial charge in [0.2, 0.25) is 0 Å². The first kappa shape index (κ1) is 16.0. The minimum Gasteiger partial charge on any atom is -0.478 e. The fourth-order valence-corrected chi connectivity index (χ4v) is 3.37. The summed E-state index contributed by atoms with van der Waals surface area (Å²) in [5, 5.41) is 15.7. The number of nitrogens with two attached hydrogens (primary N) is 1. The molecule has 26 heavy (non-hydrogen) atoms. The van der Waals surface area contributed by atoms with Gasteiger partial charge in [0.25, 0.3) is 0 Å². The van der Waals surface area contributed by atoms with Gasteiger partial charge in [0.15, 0.2) is 5.13 Å². The number of nitrogens with zero attached hydrogens (tertiary/aromatic N) is 2. The van der Waals surface area contributed by atoms with Gasteiger partial charge in [0, 0.05) is 22.0 Å². The van der Waals surface area contributed by atoms with Crippen molar-refractivity contribution in [2.75, 3.05) is 11.1 Å². The van der Waals surface area contributed by atoms with E-state index < -0.39 is 5.97 Å². The van der Waals surface area contributed by atoms with E-state index in [2.05, 4.69) is 15.3 Å². The summed E-state index contributed by atoms with van der Waals surface area (Å²) in [6, 6.07) is 16.6. The SMILES string of the molecule is Nc1cccc2nc(Nc3nc(-c4ccccc4)cs3)c(C(=O)O)cc12. The molecule has 0 spiro atoms. The van der Waals surface area contributed by atoms with Gasteiger partial charge >= 0.3 is 5.97 Å². The van der Waals surface area contributed by atoms with Crippen LogP contribution in [0.5, 0.6) is 0 Å². The molecule has 0 unspecified atom stereocenters. The monoisotopic (exact) mass is 362 g/mol. The van der Waals surface area contributed by atoms with Gasteiger partial charge < -0.3 is 16.2 Å². The second kappa shape index (κ2) is 6.45. The summed E-state index contributed by atoms with van der Waals surface area (Å²) in [6.45, 7) is 0. The highest BCUT2D eigenvalue weighted by molar-refractivity contribution is 7.14. The number of hydrogen-bond donors (Lipinski definition) is 3. The van der Waals surface area contributed by atoms with Crippen molar-refractivity contribution >= 4 is 44.8 Å².